The number of rotatable bonds is 2. The Labute approximate surface area is 82.5 Å². The molecule has 12 heavy (non-hydrogen) atoms. The smallest absolute Gasteiger partial charge is 0.130 e. The number of aryl methyl sites for hydroxylation is 2. The van der Waals surface area contributed by atoms with Gasteiger partial charge in [-0.05, 0) is 20.3 Å². The van der Waals surface area contributed by atoms with Crippen molar-refractivity contribution in [2.45, 2.75) is 25.6 Å². The molecule has 0 fully saturated rings. The van der Waals surface area contributed by atoms with E-state index in [0.717, 1.165) is 17.7 Å². The molecule has 1 aromatic heterocycles. The molecular weight excluding hydrogens is 195 g/mol. The standard InChI is InChI=1S/C8H12Cl2N2/c1-5(9)4-7-6(2)11-12(3)8(7)10/h5H,4H2,1-3H3. The number of aromatic nitrogens is 2. The molecule has 1 heterocycles. The fourth-order valence-corrected chi connectivity index (χ4v) is 1.59. The minimum Gasteiger partial charge on any atom is -0.257 e. The van der Waals surface area contributed by atoms with Crippen molar-refractivity contribution in [3.8, 4) is 0 Å². The molecule has 0 saturated heterocycles. The highest BCUT2D eigenvalue weighted by Crippen LogP contribution is 2.21. The van der Waals surface area contributed by atoms with Crippen molar-refractivity contribution >= 4 is 23.2 Å². The maximum atomic E-state index is 6.00. The zero-order valence-electron chi connectivity index (χ0n) is 7.43. The van der Waals surface area contributed by atoms with E-state index >= 15 is 0 Å². The van der Waals surface area contributed by atoms with Crippen LogP contribution in [0.2, 0.25) is 5.15 Å². The van der Waals surface area contributed by atoms with E-state index in [9.17, 15) is 0 Å². The summed E-state index contributed by atoms with van der Waals surface area (Å²) >= 11 is 11.9. The fraction of sp³-hybridized carbons (Fsp3) is 0.625. The summed E-state index contributed by atoms with van der Waals surface area (Å²) in [6.07, 6.45) is 0.778. The summed E-state index contributed by atoms with van der Waals surface area (Å²) in [4.78, 5) is 0. The molecule has 0 saturated carbocycles. The zero-order chi connectivity index (χ0) is 9.30. The molecule has 0 amide bonds. The van der Waals surface area contributed by atoms with Gasteiger partial charge in [0.25, 0.3) is 0 Å². The monoisotopic (exact) mass is 206 g/mol. The van der Waals surface area contributed by atoms with E-state index in [-0.39, 0.29) is 5.38 Å². The number of hydrogen-bond donors (Lipinski definition) is 0. The Kier molecular flexibility index (Phi) is 3.02. The second-order valence-corrected chi connectivity index (χ2v) is 4.07. The second kappa shape index (κ2) is 3.67. The Morgan fingerprint density at radius 1 is 1.58 bits per heavy atom. The van der Waals surface area contributed by atoms with E-state index in [2.05, 4.69) is 5.10 Å². The summed E-state index contributed by atoms with van der Waals surface area (Å²) in [5.41, 5.74) is 2.02. The lowest BCUT2D eigenvalue weighted by molar-refractivity contribution is 0.757. The highest BCUT2D eigenvalue weighted by Gasteiger charge is 2.12. The third-order valence-electron chi connectivity index (χ3n) is 1.76. The largest absolute Gasteiger partial charge is 0.257 e. The van der Waals surface area contributed by atoms with Crippen molar-refractivity contribution in [1.82, 2.24) is 9.78 Å². The molecule has 0 bridgehead atoms. The van der Waals surface area contributed by atoms with Crippen LogP contribution in [0.4, 0.5) is 0 Å². The molecule has 0 aromatic carbocycles. The first-order valence-electron chi connectivity index (χ1n) is 3.84. The van der Waals surface area contributed by atoms with Gasteiger partial charge in [0.05, 0.1) is 5.69 Å². The minimum absolute atomic E-state index is 0.102. The van der Waals surface area contributed by atoms with Crippen LogP contribution in [0, 0.1) is 6.92 Å². The molecule has 1 unspecified atom stereocenters. The molecule has 1 aromatic rings. The summed E-state index contributed by atoms with van der Waals surface area (Å²) in [5, 5.41) is 4.99. The molecule has 2 nitrogen and oxygen atoms in total. The van der Waals surface area contributed by atoms with Gasteiger partial charge >= 0.3 is 0 Å². The van der Waals surface area contributed by atoms with E-state index < -0.39 is 0 Å². The lowest BCUT2D eigenvalue weighted by Crippen LogP contribution is -1.98. The van der Waals surface area contributed by atoms with Crippen molar-refractivity contribution in [2.24, 2.45) is 7.05 Å². The zero-order valence-corrected chi connectivity index (χ0v) is 8.95. The van der Waals surface area contributed by atoms with Crippen LogP contribution in [0.5, 0.6) is 0 Å². The quantitative estimate of drug-likeness (QED) is 0.681. The van der Waals surface area contributed by atoms with Crippen LogP contribution in [0.3, 0.4) is 0 Å². The maximum absolute atomic E-state index is 6.00. The van der Waals surface area contributed by atoms with Crippen LogP contribution in [0.25, 0.3) is 0 Å². The van der Waals surface area contributed by atoms with Gasteiger partial charge in [-0.1, -0.05) is 11.6 Å². The number of nitrogens with zero attached hydrogens (tertiary/aromatic N) is 2. The Bertz CT molecular complexity index is 279. The van der Waals surface area contributed by atoms with Gasteiger partial charge in [0.15, 0.2) is 0 Å². The van der Waals surface area contributed by atoms with Gasteiger partial charge in [-0.2, -0.15) is 5.10 Å². The molecule has 1 atom stereocenters. The summed E-state index contributed by atoms with van der Waals surface area (Å²) in [6.45, 7) is 3.89. The van der Waals surface area contributed by atoms with Gasteiger partial charge < -0.3 is 0 Å². The predicted octanol–water partition coefficient (Wildman–Crippen LogP) is 2.55. The first-order valence-corrected chi connectivity index (χ1v) is 4.66. The molecule has 0 aliphatic heterocycles. The first-order chi connectivity index (χ1) is 5.52. The summed E-state index contributed by atoms with van der Waals surface area (Å²) < 4.78 is 1.67. The van der Waals surface area contributed by atoms with Crippen LogP contribution >= 0.6 is 23.2 Å². The highest BCUT2D eigenvalue weighted by atomic mass is 35.5. The SMILES string of the molecule is Cc1nn(C)c(Cl)c1CC(C)Cl. The summed E-state index contributed by atoms with van der Waals surface area (Å²) in [5.74, 6) is 0. The number of halogens is 2. The first kappa shape index (κ1) is 9.87. The normalized spacial score (nSPS) is 13.4. The van der Waals surface area contributed by atoms with Crippen LogP contribution in [-0.4, -0.2) is 15.2 Å². The van der Waals surface area contributed by atoms with Crippen LogP contribution in [0.15, 0.2) is 0 Å². The Morgan fingerprint density at radius 3 is 2.50 bits per heavy atom. The van der Waals surface area contributed by atoms with E-state index in [1.807, 2.05) is 20.9 Å². The minimum atomic E-state index is 0.102. The van der Waals surface area contributed by atoms with E-state index in [0.29, 0.717) is 5.15 Å². The molecule has 4 heteroatoms. The van der Waals surface area contributed by atoms with E-state index in [4.69, 9.17) is 23.2 Å². The van der Waals surface area contributed by atoms with Gasteiger partial charge in [-0.25, -0.2) is 0 Å². The molecule has 0 radical (unpaired) electrons. The summed E-state index contributed by atoms with van der Waals surface area (Å²) in [6, 6.07) is 0. The lowest BCUT2D eigenvalue weighted by atomic mass is 10.1. The highest BCUT2D eigenvalue weighted by molar-refractivity contribution is 6.30. The number of alkyl halides is 1. The molecule has 68 valence electrons. The van der Waals surface area contributed by atoms with E-state index in [1.165, 1.54) is 0 Å². The number of hydrogen-bond acceptors (Lipinski definition) is 1. The van der Waals surface area contributed by atoms with Crippen LogP contribution < -0.4 is 0 Å². The maximum Gasteiger partial charge on any atom is 0.130 e. The van der Waals surface area contributed by atoms with Crippen molar-refractivity contribution in [3.63, 3.8) is 0 Å². The summed E-state index contributed by atoms with van der Waals surface area (Å²) in [7, 11) is 1.83. The molecule has 0 aliphatic rings. The average molecular weight is 207 g/mol. The molecule has 1 rings (SSSR count). The molecule has 0 aliphatic carbocycles. The molecular formula is C8H12Cl2N2. The van der Waals surface area contributed by atoms with Crippen molar-refractivity contribution in [1.29, 1.82) is 0 Å². The van der Waals surface area contributed by atoms with Crippen molar-refractivity contribution < 1.29 is 0 Å². The topological polar surface area (TPSA) is 17.8 Å². The second-order valence-electron chi connectivity index (χ2n) is 2.96. The predicted molar refractivity (Wildman–Crippen MR) is 52.0 cm³/mol. The van der Waals surface area contributed by atoms with Gasteiger partial charge in [0.2, 0.25) is 0 Å². The average Bonchev–Trinajstić information content (AvgIpc) is 2.16. The lowest BCUT2D eigenvalue weighted by Gasteiger charge is -2.01. The Morgan fingerprint density at radius 2 is 2.17 bits per heavy atom. The van der Waals surface area contributed by atoms with Gasteiger partial charge in [-0.15, -0.1) is 11.6 Å². The van der Waals surface area contributed by atoms with Crippen molar-refractivity contribution in [2.75, 3.05) is 0 Å². The molecule has 0 N–H and O–H groups in total. The third-order valence-corrected chi connectivity index (χ3v) is 2.38. The Hall–Kier alpha value is -0.210. The van der Waals surface area contributed by atoms with Gasteiger partial charge in [0, 0.05) is 18.0 Å². The van der Waals surface area contributed by atoms with Gasteiger partial charge in [0.1, 0.15) is 5.15 Å². The third kappa shape index (κ3) is 1.93. The Balaban J connectivity index is 2.97. The van der Waals surface area contributed by atoms with Crippen LogP contribution in [-0.2, 0) is 13.5 Å². The fourth-order valence-electron chi connectivity index (χ4n) is 1.19. The van der Waals surface area contributed by atoms with Crippen molar-refractivity contribution in [3.05, 3.63) is 16.4 Å². The van der Waals surface area contributed by atoms with Crippen LogP contribution in [0.1, 0.15) is 18.2 Å². The van der Waals surface area contributed by atoms with E-state index in [1.54, 1.807) is 4.68 Å². The molecule has 0 spiro atoms. The van der Waals surface area contributed by atoms with Gasteiger partial charge in [-0.3, -0.25) is 4.68 Å².